The molecule has 182 valence electrons. The number of rotatable bonds is 5. The van der Waals surface area contributed by atoms with Crippen LogP contribution in [0.4, 0.5) is 0 Å². The van der Waals surface area contributed by atoms with Crippen molar-refractivity contribution >= 4 is 5.78 Å². The van der Waals surface area contributed by atoms with E-state index >= 15 is 0 Å². The maximum Gasteiger partial charge on any atom is 0.159 e. The molecular weight excluding hydrogens is 404 g/mol. The van der Waals surface area contributed by atoms with E-state index in [1.807, 2.05) is 0 Å². The summed E-state index contributed by atoms with van der Waals surface area (Å²) in [5.41, 5.74) is -1.43. The molecule has 4 aliphatic carbocycles. The van der Waals surface area contributed by atoms with Crippen molar-refractivity contribution in [2.24, 2.45) is 34.5 Å². The van der Waals surface area contributed by atoms with Gasteiger partial charge in [-0.05, 0) is 106 Å². The highest BCUT2D eigenvalue weighted by atomic mass is 16.3. The lowest BCUT2D eigenvalue weighted by atomic mass is 9.46. The number of aliphatic hydroxyl groups excluding tert-OH is 2. The lowest BCUT2D eigenvalue weighted by Crippen LogP contribution is -2.59. The Hall–Kier alpha value is -0.750. The molecule has 0 heterocycles. The van der Waals surface area contributed by atoms with E-state index < -0.39 is 23.4 Å². The fourth-order valence-electron chi connectivity index (χ4n) is 8.23. The molecule has 0 amide bonds. The van der Waals surface area contributed by atoms with E-state index in [0.29, 0.717) is 25.7 Å². The summed E-state index contributed by atoms with van der Waals surface area (Å²) in [4.78, 5) is 13.2. The Labute approximate surface area is 193 Å². The number of fused-ring (bicyclic) bond motifs is 5. The third-order valence-electron chi connectivity index (χ3n) is 10.4. The highest BCUT2D eigenvalue weighted by molar-refractivity contribution is 5.95. The first-order valence-electron chi connectivity index (χ1n) is 12.8. The van der Waals surface area contributed by atoms with Crippen molar-refractivity contribution in [3.8, 4) is 0 Å². The first-order chi connectivity index (χ1) is 14.7. The Morgan fingerprint density at radius 1 is 1.12 bits per heavy atom. The van der Waals surface area contributed by atoms with Crippen LogP contribution in [0.25, 0.3) is 0 Å². The molecule has 0 radical (unpaired) electrons. The molecule has 0 aromatic carbocycles. The molecule has 0 aliphatic heterocycles. The van der Waals surface area contributed by atoms with Crippen molar-refractivity contribution < 1.29 is 25.2 Å². The Morgan fingerprint density at radius 2 is 1.81 bits per heavy atom. The zero-order chi connectivity index (χ0) is 23.7. The number of carbonyl (C=O) groups excluding carboxylic acids is 1. The summed E-state index contributed by atoms with van der Waals surface area (Å²) in [6.07, 6.45) is 7.33. The summed E-state index contributed by atoms with van der Waals surface area (Å²) in [6, 6.07) is 0. The summed E-state index contributed by atoms with van der Waals surface area (Å²) in [6.45, 7) is 10.0. The van der Waals surface area contributed by atoms with Crippen LogP contribution >= 0.6 is 0 Å². The van der Waals surface area contributed by atoms with Crippen LogP contribution in [0.5, 0.6) is 0 Å². The van der Waals surface area contributed by atoms with Crippen LogP contribution < -0.4 is 0 Å². The van der Waals surface area contributed by atoms with Crippen LogP contribution in [0.3, 0.4) is 0 Å². The minimum atomic E-state index is -1.01. The topological polar surface area (TPSA) is 98.0 Å². The predicted octanol–water partition coefficient (Wildman–Crippen LogP) is 3.77. The largest absolute Gasteiger partial charge is 0.393 e. The van der Waals surface area contributed by atoms with Crippen LogP contribution in [0.1, 0.15) is 92.4 Å². The van der Waals surface area contributed by atoms with Gasteiger partial charge < -0.3 is 20.4 Å². The summed E-state index contributed by atoms with van der Waals surface area (Å²) in [5, 5.41) is 43.4. The normalized spacial score (nSPS) is 46.0. The molecule has 0 unspecified atom stereocenters. The summed E-state index contributed by atoms with van der Waals surface area (Å²) < 4.78 is 0. The molecule has 0 aromatic heterocycles. The van der Waals surface area contributed by atoms with Gasteiger partial charge in [0.15, 0.2) is 5.78 Å². The van der Waals surface area contributed by atoms with Gasteiger partial charge >= 0.3 is 0 Å². The van der Waals surface area contributed by atoms with Gasteiger partial charge in [-0.25, -0.2) is 0 Å². The van der Waals surface area contributed by atoms with E-state index in [4.69, 9.17) is 0 Å². The van der Waals surface area contributed by atoms with E-state index in [2.05, 4.69) is 20.8 Å². The first kappa shape index (κ1) is 24.4. The standard InChI is InChI=1S/C27H44O5/c1-16(22(29)9-10-24(2,3)31)18-8-13-27(32)20-15-23(30)21-14-17(28)6-11-25(21,4)19(20)7-12-26(18,27)5/h15-19,21-22,28-29,31-32H,6-14H2,1-5H3/t16-,17-,18+,19-,21-,22+,25+,26+,27+/m0/s1. The molecule has 3 saturated carbocycles. The lowest BCUT2D eigenvalue weighted by Gasteiger charge is -2.59. The molecule has 3 fully saturated rings. The molecule has 4 N–H and O–H groups in total. The van der Waals surface area contributed by atoms with Crippen molar-refractivity contribution in [1.82, 2.24) is 0 Å². The van der Waals surface area contributed by atoms with E-state index in [-0.39, 0.29) is 40.3 Å². The predicted molar refractivity (Wildman–Crippen MR) is 124 cm³/mol. The molecule has 4 rings (SSSR count). The second kappa shape index (κ2) is 7.90. The Morgan fingerprint density at radius 3 is 2.47 bits per heavy atom. The molecule has 0 saturated heterocycles. The van der Waals surface area contributed by atoms with Crippen LogP contribution in [-0.4, -0.2) is 49.6 Å². The molecule has 4 aliphatic rings. The van der Waals surface area contributed by atoms with Crippen LogP contribution in [0.2, 0.25) is 0 Å². The second-order valence-electron chi connectivity index (χ2n) is 12.8. The third-order valence-corrected chi connectivity index (χ3v) is 10.4. The highest BCUT2D eigenvalue weighted by Gasteiger charge is 2.66. The lowest BCUT2D eigenvalue weighted by molar-refractivity contribution is -0.142. The van der Waals surface area contributed by atoms with Gasteiger partial charge in [0.2, 0.25) is 0 Å². The number of hydrogen-bond donors (Lipinski definition) is 4. The van der Waals surface area contributed by atoms with Gasteiger partial charge in [-0.3, -0.25) is 4.79 Å². The summed E-state index contributed by atoms with van der Waals surface area (Å²) in [7, 11) is 0. The van der Waals surface area contributed by atoms with E-state index in [0.717, 1.165) is 37.7 Å². The van der Waals surface area contributed by atoms with Gasteiger partial charge in [-0.2, -0.15) is 0 Å². The number of aliphatic hydroxyl groups is 4. The highest BCUT2D eigenvalue weighted by Crippen LogP contribution is 2.68. The first-order valence-corrected chi connectivity index (χ1v) is 12.8. The molecule has 5 nitrogen and oxygen atoms in total. The maximum absolute atomic E-state index is 13.2. The maximum atomic E-state index is 13.2. The van der Waals surface area contributed by atoms with Crippen molar-refractivity contribution in [2.45, 2.75) is 116 Å². The monoisotopic (exact) mass is 448 g/mol. The number of carbonyl (C=O) groups is 1. The summed E-state index contributed by atoms with van der Waals surface area (Å²) in [5.74, 6) is 0.301. The minimum Gasteiger partial charge on any atom is -0.393 e. The zero-order valence-electron chi connectivity index (χ0n) is 20.6. The zero-order valence-corrected chi connectivity index (χ0v) is 20.6. The average molecular weight is 449 g/mol. The van der Waals surface area contributed by atoms with E-state index in [1.165, 1.54) is 0 Å². The molecule has 0 spiro atoms. The Balaban J connectivity index is 1.61. The van der Waals surface area contributed by atoms with Gasteiger partial charge in [-0.15, -0.1) is 0 Å². The fourth-order valence-corrected chi connectivity index (χ4v) is 8.23. The van der Waals surface area contributed by atoms with Crippen LogP contribution in [0.15, 0.2) is 11.6 Å². The van der Waals surface area contributed by atoms with Crippen LogP contribution in [-0.2, 0) is 4.79 Å². The SMILES string of the molecule is C[C@H]([C@H](O)CCC(C)(C)O)[C@H]1CC[C@@]2(O)C3=CC(=O)[C@@H]4C[C@@H](O)CC[C@]4(C)[C@H]3CC[C@]12C. The Kier molecular flexibility index (Phi) is 6.02. The van der Waals surface area contributed by atoms with Gasteiger partial charge in [0.1, 0.15) is 0 Å². The summed E-state index contributed by atoms with van der Waals surface area (Å²) >= 11 is 0. The molecule has 9 atom stereocenters. The average Bonchev–Trinajstić information content (AvgIpc) is 2.98. The van der Waals surface area contributed by atoms with Gasteiger partial charge in [-0.1, -0.05) is 20.8 Å². The smallest absolute Gasteiger partial charge is 0.159 e. The number of hydrogen-bond acceptors (Lipinski definition) is 5. The molecule has 0 aromatic rings. The Bertz CT molecular complexity index is 783. The van der Waals surface area contributed by atoms with Crippen molar-refractivity contribution in [3.63, 3.8) is 0 Å². The van der Waals surface area contributed by atoms with Crippen molar-refractivity contribution in [2.75, 3.05) is 0 Å². The van der Waals surface area contributed by atoms with Gasteiger partial charge in [0.25, 0.3) is 0 Å². The van der Waals surface area contributed by atoms with Crippen LogP contribution in [0, 0.1) is 34.5 Å². The van der Waals surface area contributed by atoms with Gasteiger partial charge in [0.05, 0.1) is 23.4 Å². The molecule has 5 heteroatoms. The quantitative estimate of drug-likeness (QED) is 0.513. The van der Waals surface area contributed by atoms with Gasteiger partial charge in [0, 0.05) is 11.3 Å². The number of allylic oxidation sites excluding steroid dienone is 1. The van der Waals surface area contributed by atoms with Crippen molar-refractivity contribution in [1.29, 1.82) is 0 Å². The molecule has 32 heavy (non-hydrogen) atoms. The number of ketones is 1. The van der Waals surface area contributed by atoms with E-state index in [1.54, 1.807) is 19.9 Å². The fraction of sp³-hybridized carbons (Fsp3) is 0.889. The second-order valence-corrected chi connectivity index (χ2v) is 12.8. The third kappa shape index (κ3) is 3.62. The van der Waals surface area contributed by atoms with Crippen molar-refractivity contribution in [3.05, 3.63) is 11.6 Å². The van der Waals surface area contributed by atoms with E-state index in [9.17, 15) is 25.2 Å². The molecular formula is C27H44O5. The molecule has 0 bridgehead atoms. The minimum absolute atomic E-state index is 0.0148.